The number of nitrogens with zero attached hydrogens (tertiary/aromatic N) is 2. The van der Waals surface area contributed by atoms with Crippen molar-refractivity contribution in [1.29, 1.82) is 0 Å². The first-order chi connectivity index (χ1) is 9.20. The Morgan fingerprint density at radius 1 is 1.42 bits per heavy atom. The number of hydrogen-bond acceptors (Lipinski definition) is 3. The van der Waals surface area contributed by atoms with Gasteiger partial charge >= 0.3 is 0 Å². The molecule has 102 valence electrons. The number of nitrogens with one attached hydrogen (secondary N) is 1. The molecule has 1 aromatic carbocycles. The van der Waals surface area contributed by atoms with Gasteiger partial charge in [0, 0.05) is 24.8 Å². The first-order valence-corrected chi connectivity index (χ1v) is 6.22. The summed E-state index contributed by atoms with van der Waals surface area (Å²) in [5.74, 6) is -0.0190. The van der Waals surface area contributed by atoms with E-state index >= 15 is 0 Å². The lowest BCUT2D eigenvalue weighted by molar-refractivity contribution is 0.383. The van der Waals surface area contributed by atoms with Gasteiger partial charge in [-0.25, -0.2) is 4.39 Å². The van der Waals surface area contributed by atoms with Crippen molar-refractivity contribution in [2.24, 2.45) is 0 Å². The second kappa shape index (κ2) is 6.33. The molecular weight excluding hydrogens is 245 g/mol. The summed E-state index contributed by atoms with van der Waals surface area (Å²) in [4.78, 5) is 0. The van der Waals surface area contributed by atoms with Crippen molar-refractivity contribution in [2.45, 2.75) is 20.0 Å². The molecule has 0 saturated heterocycles. The van der Waals surface area contributed by atoms with Gasteiger partial charge in [0.2, 0.25) is 0 Å². The number of halogens is 1. The Labute approximate surface area is 112 Å². The predicted octanol–water partition coefficient (Wildman–Crippen LogP) is 2.13. The van der Waals surface area contributed by atoms with E-state index in [2.05, 4.69) is 10.4 Å². The van der Waals surface area contributed by atoms with Gasteiger partial charge in [0.1, 0.15) is 0 Å². The van der Waals surface area contributed by atoms with Crippen LogP contribution in [0.3, 0.4) is 0 Å². The summed E-state index contributed by atoms with van der Waals surface area (Å²) in [5, 5.41) is 7.38. The Morgan fingerprint density at radius 2 is 2.26 bits per heavy atom. The third-order valence-electron chi connectivity index (χ3n) is 2.86. The van der Waals surface area contributed by atoms with Crippen molar-refractivity contribution in [3.8, 4) is 5.75 Å². The molecule has 0 saturated carbocycles. The number of aromatic nitrogens is 2. The highest BCUT2D eigenvalue weighted by Crippen LogP contribution is 2.19. The van der Waals surface area contributed by atoms with E-state index in [9.17, 15) is 4.39 Å². The van der Waals surface area contributed by atoms with E-state index in [0.29, 0.717) is 12.1 Å². The summed E-state index contributed by atoms with van der Waals surface area (Å²) >= 11 is 0. The van der Waals surface area contributed by atoms with Crippen LogP contribution in [0.1, 0.15) is 11.1 Å². The molecule has 0 fully saturated rings. The van der Waals surface area contributed by atoms with Crippen molar-refractivity contribution in [3.05, 3.63) is 47.5 Å². The van der Waals surface area contributed by atoms with Crippen LogP contribution in [-0.2, 0) is 13.1 Å². The molecule has 0 unspecified atom stereocenters. The second-order valence-corrected chi connectivity index (χ2v) is 4.39. The Morgan fingerprint density at radius 3 is 2.95 bits per heavy atom. The fourth-order valence-corrected chi connectivity index (χ4v) is 1.86. The van der Waals surface area contributed by atoms with E-state index < -0.39 is 0 Å². The molecule has 0 atom stereocenters. The van der Waals surface area contributed by atoms with E-state index in [1.54, 1.807) is 18.2 Å². The molecule has 2 aromatic rings. The first kappa shape index (κ1) is 13.5. The molecule has 0 radical (unpaired) electrons. The van der Waals surface area contributed by atoms with Crippen LogP contribution in [0.15, 0.2) is 30.6 Å². The maximum absolute atomic E-state index is 13.8. The van der Waals surface area contributed by atoms with Gasteiger partial charge in [-0.1, -0.05) is 12.1 Å². The molecule has 1 aromatic heterocycles. The number of methoxy groups -OCH3 is 1. The first-order valence-electron chi connectivity index (χ1n) is 6.22. The van der Waals surface area contributed by atoms with Crippen LogP contribution in [0, 0.1) is 12.7 Å². The summed E-state index contributed by atoms with van der Waals surface area (Å²) in [5.41, 5.74) is 1.75. The summed E-state index contributed by atoms with van der Waals surface area (Å²) in [6.45, 7) is 3.98. The van der Waals surface area contributed by atoms with E-state index in [-0.39, 0.29) is 11.6 Å². The third-order valence-corrected chi connectivity index (χ3v) is 2.86. The number of ether oxygens (including phenoxy) is 1. The Kier molecular flexibility index (Phi) is 4.52. The minimum atomic E-state index is -0.299. The summed E-state index contributed by atoms with van der Waals surface area (Å²) < 4.78 is 20.7. The van der Waals surface area contributed by atoms with E-state index in [1.165, 1.54) is 7.11 Å². The van der Waals surface area contributed by atoms with Gasteiger partial charge in [0.05, 0.1) is 19.9 Å². The molecule has 0 aliphatic heterocycles. The molecule has 0 aliphatic rings. The lowest BCUT2D eigenvalue weighted by Gasteiger charge is -2.08. The predicted molar refractivity (Wildman–Crippen MR) is 71.6 cm³/mol. The standard InChI is InChI=1S/C14H18FN3O/c1-11-8-17-18(10-11)7-6-16-9-12-4-3-5-13(19-2)14(12)15/h3-5,8,10,16H,6-7,9H2,1-2H3. The Hall–Kier alpha value is -1.88. The average molecular weight is 263 g/mol. The smallest absolute Gasteiger partial charge is 0.169 e. The minimum absolute atomic E-state index is 0.280. The third kappa shape index (κ3) is 3.54. The highest BCUT2D eigenvalue weighted by molar-refractivity contribution is 5.30. The minimum Gasteiger partial charge on any atom is -0.494 e. The largest absolute Gasteiger partial charge is 0.494 e. The zero-order chi connectivity index (χ0) is 13.7. The molecular formula is C14H18FN3O. The summed E-state index contributed by atoms with van der Waals surface area (Å²) in [6.07, 6.45) is 3.80. The maximum Gasteiger partial charge on any atom is 0.169 e. The van der Waals surface area contributed by atoms with Crippen LogP contribution < -0.4 is 10.1 Å². The summed E-state index contributed by atoms with van der Waals surface area (Å²) in [7, 11) is 1.47. The Bertz CT molecular complexity index is 539. The van der Waals surface area contributed by atoms with Crippen LogP contribution in [-0.4, -0.2) is 23.4 Å². The molecule has 1 N–H and O–H groups in total. The lowest BCUT2D eigenvalue weighted by Crippen LogP contribution is -2.20. The van der Waals surface area contributed by atoms with Gasteiger partial charge in [-0.05, 0) is 18.6 Å². The highest BCUT2D eigenvalue weighted by Gasteiger charge is 2.07. The van der Waals surface area contributed by atoms with Crippen LogP contribution in [0.25, 0.3) is 0 Å². The molecule has 0 aliphatic carbocycles. The zero-order valence-corrected chi connectivity index (χ0v) is 11.2. The molecule has 0 spiro atoms. The maximum atomic E-state index is 13.8. The van der Waals surface area contributed by atoms with Crippen molar-refractivity contribution in [1.82, 2.24) is 15.1 Å². The normalized spacial score (nSPS) is 10.7. The Balaban J connectivity index is 1.82. The van der Waals surface area contributed by atoms with Crippen LogP contribution >= 0.6 is 0 Å². The quantitative estimate of drug-likeness (QED) is 0.811. The molecule has 1 heterocycles. The molecule has 2 rings (SSSR count). The monoisotopic (exact) mass is 263 g/mol. The van der Waals surface area contributed by atoms with Crippen LogP contribution in [0.4, 0.5) is 4.39 Å². The van der Waals surface area contributed by atoms with Gasteiger partial charge in [-0.15, -0.1) is 0 Å². The molecule has 0 amide bonds. The fraction of sp³-hybridized carbons (Fsp3) is 0.357. The zero-order valence-electron chi connectivity index (χ0n) is 11.2. The molecule has 19 heavy (non-hydrogen) atoms. The fourth-order valence-electron chi connectivity index (χ4n) is 1.86. The van der Waals surface area contributed by atoms with Crippen molar-refractivity contribution in [2.75, 3.05) is 13.7 Å². The molecule has 5 heteroatoms. The van der Waals surface area contributed by atoms with E-state index in [4.69, 9.17) is 4.74 Å². The van der Waals surface area contributed by atoms with Gasteiger partial charge in [0.25, 0.3) is 0 Å². The number of rotatable bonds is 6. The van der Waals surface area contributed by atoms with Gasteiger partial charge in [-0.3, -0.25) is 4.68 Å². The SMILES string of the molecule is COc1cccc(CNCCn2cc(C)cn2)c1F. The highest BCUT2D eigenvalue weighted by atomic mass is 19.1. The van der Waals surface area contributed by atoms with Crippen molar-refractivity contribution < 1.29 is 9.13 Å². The number of aryl methyl sites for hydroxylation is 1. The van der Waals surface area contributed by atoms with Crippen molar-refractivity contribution >= 4 is 0 Å². The van der Waals surface area contributed by atoms with Gasteiger partial charge < -0.3 is 10.1 Å². The van der Waals surface area contributed by atoms with E-state index in [0.717, 1.165) is 18.7 Å². The van der Waals surface area contributed by atoms with Gasteiger partial charge in [0.15, 0.2) is 11.6 Å². The van der Waals surface area contributed by atoms with Gasteiger partial charge in [-0.2, -0.15) is 5.10 Å². The number of benzene rings is 1. The van der Waals surface area contributed by atoms with E-state index in [1.807, 2.05) is 24.0 Å². The summed E-state index contributed by atoms with van der Waals surface area (Å²) in [6, 6.07) is 5.16. The lowest BCUT2D eigenvalue weighted by atomic mass is 10.2. The van der Waals surface area contributed by atoms with Crippen LogP contribution in [0.5, 0.6) is 5.75 Å². The molecule has 0 bridgehead atoms. The van der Waals surface area contributed by atoms with Crippen LogP contribution in [0.2, 0.25) is 0 Å². The average Bonchev–Trinajstić information content (AvgIpc) is 2.82. The second-order valence-electron chi connectivity index (χ2n) is 4.39. The topological polar surface area (TPSA) is 39.1 Å². The number of hydrogen-bond donors (Lipinski definition) is 1. The van der Waals surface area contributed by atoms with Crippen molar-refractivity contribution in [3.63, 3.8) is 0 Å². The molecule has 4 nitrogen and oxygen atoms in total.